The van der Waals surface area contributed by atoms with Crippen LogP contribution in [0.25, 0.3) is 0 Å². The van der Waals surface area contributed by atoms with E-state index < -0.39 is 0 Å². The third-order valence-electron chi connectivity index (χ3n) is 4.43. The first-order valence-corrected chi connectivity index (χ1v) is 7.86. The molecule has 0 heterocycles. The first-order valence-electron chi connectivity index (χ1n) is 7.86. The third kappa shape index (κ3) is 4.68. The molecule has 118 valence electrons. The first-order chi connectivity index (χ1) is 10.1. The second-order valence-corrected chi connectivity index (χ2v) is 6.23. The fraction of sp³-hybridized carbons (Fsp3) is 0.647. The lowest BCUT2D eigenvalue weighted by Gasteiger charge is -2.27. The van der Waals surface area contributed by atoms with Crippen LogP contribution in [0.3, 0.4) is 0 Å². The molecule has 0 bridgehead atoms. The van der Waals surface area contributed by atoms with Crippen molar-refractivity contribution in [2.75, 3.05) is 20.7 Å². The number of halogens is 1. The van der Waals surface area contributed by atoms with Crippen LogP contribution in [-0.4, -0.2) is 31.6 Å². The van der Waals surface area contributed by atoms with Crippen LogP contribution in [0.2, 0.25) is 0 Å². The highest BCUT2D eigenvalue weighted by atomic mass is 19.1. The summed E-state index contributed by atoms with van der Waals surface area (Å²) < 4.78 is 18.7. The van der Waals surface area contributed by atoms with Crippen molar-refractivity contribution >= 4 is 0 Å². The van der Waals surface area contributed by atoms with Crippen molar-refractivity contribution in [1.29, 1.82) is 0 Å². The minimum Gasteiger partial charge on any atom is -0.494 e. The van der Waals surface area contributed by atoms with E-state index in [2.05, 4.69) is 11.9 Å². The van der Waals surface area contributed by atoms with E-state index in [0.29, 0.717) is 17.7 Å². The molecule has 4 heteroatoms. The van der Waals surface area contributed by atoms with Gasteiger partial charge in [0.1, 0.15) is 0 Å². The lowest BCUT2D eigenvalue weighted by Crippen LogP contribution is -2.37. The van der Waals surface area contributed by atoms with Gasteiger partial charge in [-0.15, -0.1) is 0 Å². The van der Waals surface area contributed by atoms with Gasteiger partial charge in [0.25, 0.3) is 0 Å². The fourth-order valence-corrected chi connectivity index (χ4v) is 3.22. The zero-order valence-electron chi connectivity index (χ0n) is 13.1. The van der Waals surface area contributed by atoms with Crippen molar-refractivity contribution in [3.63, 3.8) is 0 Å². The van der Waals surface area contributed by atoms with Crippen LogP contribution < -0.4 is 10.5 Å². The molecular formula is C17H27FN2O. The Morgan fingerprint density at radius 1 is 1.29 bits per heavy atom. The summed E-state index contributed by atoms with van der Waals surface area (Å²) in [5, 5.41) is 0. The zero-order valence-corrected chi connectivity index (χ0v) is 13.1. The maximum atomic E-state index is 13.7. The molecule has 0 spiro atoms. The van der Waals surface area contributed by atoms with Crippen molar-refractivity contribution in [1.82, 2.24) is 4.90 Å². The van der Waals surface area contributed by atoms with E-state index in [1.165, 1.54) is 32.8 Å². The van der Waals surface area contributed by atoms with Gasteiger partial charge in [0, 0.05) is 19.1 Å². The van der Waals surface area contributed by atoms with Crippen LogP contribution in [0.4, 0.5) is 4.39 Å². The number of hydrogen-bond donors (Lipinski definition) is 1. The SMILES string of the molecule is COc1ccc(CN(C)CC2CCCCCC2N)cc1F. The molecule has 1 aromatic carbocycles. The molecule has 0 aromatic heterocycles. The molecule has 0 radical (unpaired) electrons. The number of benzene rings is 1. The molecule has 1 aromatic rings. The normalized spacial score (nSPS) is 23.1. The zero-order chi connectivity index (χ0) is 15.2. The van der Waals surface area contributed by atoms with Gasteiger partial charge in [0.15, 0.2) is 11.6 Å². The first kappa shape index (κ1) is 16.2. The second kappa shape index (κ2) is 7.76. The summed E-state index contributed by atoms with van der Waals surface area (Å²) in [4.78, 5) is 2.25. The van der Waals surface area contributed by atoms with E-state index in [0.717, 1.165) is 25.1 Å². The van der Waals surface area contributed by atoms with E-state index in [-0.39, 0.29) is 5.82 Å². The smallest absolute Gasteiger partial charge is 0.165 e. The summed E-state index contributed by atoms with van der Waals surface area (Å²) in [7, 11) is 3.57. The van der Waals surface area contributed by atoms with Gasteiger partial charge in [-0.05, 0) is 43.5 Å². The van der Waals surface area contributed by atoms with Crippen molar-refractivity contribution in [3.05, 3.63) is 29.6 Å². The Morgan fingerprint density at radius 2 is 2.05 bits per heavy atom. The van der Waals surface area contributed by atoms with Crippen LogP contribution in [0.1, 0.15) is 37.7 Å². The highest BCUT2D eigenvalue weighted by molar-refractivity contribution is 5.29. The van der Waals surface area contributed by atoms with Gasteiger partial charge in [-0.1, -0.05) is 25.3 Å². The minimum atomic E-state index is -0.297. The Bertz CT molecular complexity index is 452. The van der Waals surface area contributed by atoms with Crippen LogP contribution in [0.15, 0.2) is 18.2 Å². The molecule has 0 saturated heterocycles. The van der Waals surface area contributed by atoms with E-state index in [9.17, 15) is 4.39 Å². The lowest BCUT2D eigenvalue weighted by molar-refractivity contribution is 0.236. The number of nitrogens with two attached hydrogens (primary N) is 1. The fourth-order valence-electron chi connectivity index (χ4n) is 3.22. The summed E-state index contributed by atoms with van der Waals surface area (Å²) in [6.07, 6.45) is 6.18. The Balaban J connectivity index is 1.91. The molecular weight excluding hydrogens is 267 g/mol. The quantitative estimate of drug-likeness (QED) is 0.848. The molecule has 1 saturated carbocycles. The molecule has 0 aliphatic heterocycles. The monoisotopic (exact) mass is 294 g/mol. The number of methoxy groups -OCH3 is 1. The average Bonchev–Trinajstić information content (AvgIpc) is 2.64. The predicted octanol–water partition coefficient (Wildman–Crippen LogP) is 3.17. The van der Waals surface area contributed by atoms with Gasteiger partial charge in [-0.25, -0.2) is 4.39 Å². The van der Waals surface area contributed by atoms with E-state index in [1.807, 2.05) is 6.07 Å². The molecule has 3 nitrogen and oxygen atoms in total. The molecule has 2 unspecified atom stereocenters. The number of rotatable bonds is 5. The Kier molecular flexibility index (Phi) is 6.00. The van der Waals surface area contributed by atoms with Crippen molar-refractivity contribution < 1.29 is 9.13 Å². The average molecular weight is 294 g/mol. The van der Waals surface area contributed by atoms with Crippen LogP contribution >= 0.6 is 0 Å². The van der Waals surface area contributed by atoms with E-state index in [4.69, 9.17) is 10.5 Å². The molecule has 2 rings (SSSR count). The van der Waals surface area contributed by atoms with Gasteiger partial charge < -0.3 is 15.4 Å². The van der Waals surface area contributed by atoms with Crippen molar-refractivity contribution in [2.24, 2.45) is 11.7 Å². The predicted molar refractivity (Wildman–Crippen MR) is 83.8 cm³/mol. The van der Waals surface area contributed by atoms with Crippen molar-refractivity contribution in [2.45, 2.75) is 44.7 Å². The highest BCUT2D eigenvalue weighted by Gasteiger charge is 2.21. The molecule has 1 aliphatic carbocycles. The van der Waals surface area contributed by atoms with Crippen molar-refractivity contribution in [3.8, 4) is 5.75 Å². The Labute approximate surface area is 127 Å². The summed E-state index contributed by atoms with van der Waals surface area (Å²) in [5.74, 6) is 0.558. The lowest BCUT2D eigenvalue weighted by atomic mass is 9.95. The molecule has 0 amide bonds. The summed E-state index contributed by atoms with van der Waals surface area (Å²) in [5.41, 5.74) is 7.25. The van der Waals surface area contributed by atoms with E-state index in [1.54, 1.807) is 12.1 Å². The molecule has 2 N–H and O–H groups in total. The van der Waals surface area contributed by atoms with Gasteiger partial charge in [-0.2, -0.15) is 0 Å². The van der Waals surface area contributed by atoms with Gasteiger partial charge in [0.2, 0.25) is 0 Å². The maximum Gasteiger partial charge on any atom is 0.165 e. The van der Waals surface area contributed by atoms with Crippen LogP contribution in [-0.2, 0) is 6.54 Å². The highest BCUT2D eigenvalue weighted by Crippen LogP contribution is 2.24. The maximum absolute atomic E-state index is 13.7. The van der Waals surface area contributed by atoms with Gasteiger partial charge in [0.05, 0.1) is 7.11 Å². The third-order valence-corrected chi connectivity index (χ3v) is 4.43. The molecule has 1 aliphatic rings. The topological polar surface area (TPSA) is 38.5 Å². The molecule has 21 heavy (non-hydrogen) atoms. The Hall–Kier alpha value is -1.13. The van der Waals surface area contributed by atoms with Gasteiger partial charge in [-0.3, -0.25) is 0 Å². The van der Waals surface area contributed by atoms with Crippen LogP contribution in [0, 0.1) is 11.7 Å². The summed E-state index contributed by atoms with van der Waals surface area (Å²) >= 11 is 0. The summed E-state index contributed by atoms with van der Waals surface area (Å²) in [6.45, 7) is 1.72. The molecule has 1 fully saturated rings. The summed E-state index contributed by atoms with van der Waals surface area (Å²) in [6, 6.07) is 5.48. The van der Waals surface area contributed by atoms with Gasteiger partial charge >= 0.3 is 0 Å². The Morgan fingerprint density at radius 3 is 2.76 bits per heavy atom. The van der Waals surface area contributed by atoms with Crippen LogP contribution in [0.5, 0.6) is 5.75 Å². The second-order valence-electron chi connectivity index (χ2n) is 6.23. The number of ether oxygens (including phenoxy) is 1. The minimum absolute atomic E-state index is 0.297. The standard InChI is InChI=1S/C17H27FN2O/c1-20(12-14-6-4-3-5-7-16(14)19)11-13-8-9-17(21-2)15(18)10-13/h8-10,14,16H,3-7,11-12,19H2,1-2H3. The largest absolute Gasteiger partial charge is 0.494 e. The molecule has 2 atom stereocenters. The van der Waals surface area contributed by atoms with E-state index >= 15 is 0 Å². The number of hydrogen-bond acceptors (Lipinski definition) is 3. The number of nitrogens with zero attached hydrogens (tertiary/aromatic N) is 1.